The molecule has 0 unspecified atom stereocenters. The summed E-state index contributed by atoms with van der Waals surface area (Å²) in [5, 5.41) is 6.39. The molecular formula is C17H20N2O4. The standard InChI is InChI=1S/C17H20N2O4/c1-11(2)23-15-7-5-13(9-16(15)21-4)6-8-17(20)18-14-10-22-19-12(14)3/h5-11H,1-4H3,(H,18,20). The van der Waals surface area contributed by atoms with Crippen molar-refractivity contribution in [1.82, 2.24) is 5.16 Å². The zero-order chi connectivity index (χ0) is 16.8. The smallest absolute Gasteiger partial charge is 0.248 e. The van der Waals surface area contributed by atoms with Crippen LogP contribution in [0.3, 0.4) is 0 Å². The molecule has 1 aromatic carbocycles. The Labute approximate surface area is 135 Å². The molecule has 6 nitrogen and oxygen atoms in total. The van der Waals surface area contributed by atoms with Gasteiger partial charge in [0, 0.05) is 6.08 Å². The molecule has 1 aromatic heterocycles. The molecule has 0 fully saturated rings. The van der Waals surface area contributed by atoms with Gasteiger partial charge in [-0.3, -0.25) is 4.79 Å². The average Bonchev–Trinajstić information content (AvgIpc) is 2.91. The van der Waals surface area contributed by atoms with Gasteiger partial charge in [0.05, 0.1) is 13.2 Å². The molecule has 23 heavy (non-hydrogen) atoms. The first-order chi connectivity index (χ1) is 11.0. The zero-order valence-electron chi connectivity index (χ0n) is 13.6. The molecule has 0 saturated carbocycles. The van der Waals surface area contributed by atoms with Gasteiger partial charge >= 0.3 is 0 Å². The van der Waals surface area contributed by atoms with Gasteiger partial charge in [-0.25, -0.2) is 0 Å². The molecule has 1 heterocycles. The Morgan fingerprint density at radius 1 is 1.35 bits per heavy atom. The highest BCUT2D eigenvalue weighted by Gasteiger charge is 2.07. The van der Waals surface area contributed by atoms with Gasteiger partial charge in [0.1, 0.15) is 17.6 Å². The minimum absolute atomic E-state index is 0.0582. The average molecular weight is 316 g/mol. The second-order valence-electron chi connectivity index (χ2n) is 5.21. The molecule has 0 atom stereocenters. The van der Waals surface area contributed by atoms with Gasteiger partial charge in [-0.2, -0.15) is 0 Å². The highest BCUT2D eigenvalue weighted by atomic mass is 16.5. The fourth-order valence-electron chi connectivity index (χ4n) is 1.90. The number of benzene rings is 1. The lowest BCUT2D eigenvalue weighted by Gasteiger charge is -2.13. The number of aromatic nitrogens is 1. The van der Waals surface area contributed by atoms with Gasteiger partial charge < -0.3 is 19.3 Å². The lowest BCUT2D eigenvalue weighted by Crippen LogP contribution is -2.08. The van der Waals surface area contributed by atoms with Crippen LogP contribution in [0, 0.1) is 6.92 Å². The van der Waals surface area contributed by atoms with Crippen LogP contribution in [0.1, 0.15) is 25.1 Å². The molecular weight excluding hydrogens is 296 g/mol. The third kappa shape index (κ3) is 4.60. The van der Waals surface area contributed by atoms with E-state index in [0.717, 1.165) is 5.56 Å². The molecule has 0 aliphatic heterocycles. The maximum Gasteiger partial charge on any atom is 0.248 e. The zero-order valence-corrected chi connectivity index (χ0v) is 13.6. The number of carbonyl (C=O) groups excluding carboxylic acids is 1. The Kier molecular flexibility index (Phi) is 5.41. The van der Waals surface area contributed by atoms with E-state index in [1.165, 1.54) is 12.3 Å². The van der Waals surface area contributed by atoms with E-state index in [4.69, 9.17) is 14.0 Å². The number of hydrogen-bond donors (Lipinski definition) is 1. The monoisotopic (exact) mass is 316 g/mol. The molecule has 1 amide bonds. The van der Waals surface area contributed by atoms with E-state index < -0.39 is 0 Å². The van der Waals surface area contributed by atoms with Crippen LogP contribution < -0.4 is 14.8 Å². The second kappa shape index (κ2) is 7.49. The number of amides is 1. The predicted molar refractivity (Wildman–Crippen MR) is 87.7 cm³/mol. The van der Waals surface area contributed by atoms with Gasteiger partial charge in [0.25, 0.3) is 0 Å². The predicted octanol–water partition coefficient (Wildman–Crippen LogP) is 3.43. The summed E-state index contributed by atoms with van der Waals surface area (Å²) in [4.78, 5) is 11.9. The Morgan fingerprint density at radius 2 is 2.13 bits per heavy atom. The summed E-state index contributed by atoms with van der Waals surface area (Å²) in [5.41, 5.74) is 2.01. The van der Waals surface area contributed by atoms with Crippen LogP contribution in [0.4, 0.5) is 5.69 Å². The van der Waals surface area contributed by atoms with Crippen LogP contribution in [-0.2, 0) is 4.79 Å². The maximum atomic E-state index is 11.9. The first-order valence-electron chi connectivity index (χ1n) is 7.24. The molecule has 0 aliphatic carbocycles. The third-order valence-corrected chi connectivity index (χ3v) is 2.99. The summed E-state index contributed by atoms with van der Waals surface area (Å²) in [6.45, 7) is 5.65. The number of hydrogen-bond acceptors (Lipinski definition) is 5. The summed E-state index contributed by atoms with van der Waals surface area (Å²) < 4.78 is 15.7. The summed E-state index contributed by atoms with van der Waals surface area (Å²) in [7, 11) is 1.58. The van der Waals surface area contributed by atoms with Crippen LogP contribution in [-0.4, -0.2) is 24.3 Å². The summed E-state index contributed by atoms with van der Waals surface area (Å²) >= 11 is 0. The lowest BCUT2D eigenvalue weighted by atomic mass is 10.2. The minimum atomic E-state index is -0.266. The van der Waals surface area contributed by atoms with Crippen molar-refractivity contribution < 1.29 is 18.8 Å². The Bertz CT molecular complexity index is 704. The van der Waals surface area contributed by atoms with Crippen molar-refractivity contribution in [2.75, 3.05) is 12.4 Å². The van der Waals surface area contributed by atoms with E-state index in [1.807, 2.05) is 32.0 Å². The van der Waals surface area contributed by atoms with Crippen LogP contribution in [0.15, 0.2) is 35.1 Å². The first kappa shape index (κ1) is 16.6. The van der Waals surface area contributed by atoms with E-state index in [-0.39, 0.29) is 12.0 Å². The number of ether oxygens (including phenoxy) is 2. The minimum Gasteiger partial charge on any atom is -0.493 e. The second-order valence-corrected chi connectivity index (χ2v) is 5.21. The molecule has 1 N–H and O–H groups in total. The number of nitrogens with zero attached hydrogens (tertiary/aromatic N) is 1. The van der Waals surface area contributed by atoms with Gasteiger partial charge in [0.15, 0.2) is 11.5 Å². The fourth-order valence-corrected chi connectivity index (χ4v) is 1.90. The van der Waals surface area contributed by atoms with Crippen molar-refractivity contribution in [2.45, 2.75) is 26.9 Å². The van der Waals surface area contributed by atoms with Gasteiger partial charge in [0.2, 0.25) is 5.91 Å². The van der Waals surface area contributed by atoms with E-state index in [1.54, 1.807) is 20.1 Å². The Balaban J connectivity index is 2.07. The molecule has 0 radical (unpaired) electrons. The van der Waals surface area contributed by atoms with E-state index in [2.05, 4.69) is 10.5 Å². The molecule has 6 heteroatoms. The van der Waals surface area contributed by atoms with E-state index in [9.17, 15) is 4.79 Å². The number of methoxy groups -OCH3 is 1. The summed E-state index contributed by atoms with van der Waals surface area (Å²) in [6.07, 6.45) is 4.58. The highest BCUT2D eigenvalue weighted by Crippen LogP contribution is 2.29. The third-order valence-electron chi connectivity index (χ3n) is 2.99. The number of rotatable bonds is 6. The largest absolute Gasteiger partial charge is 0.493 e. The normalized spacial score (nSPS) is 11.0. The van der Waals surface area contributed by atoms with Crippen LogP contribution in [0.5, 0.6) is 11.5 Å². The fraction of sp³-hybridized carbons (Fsp3) is 0.294. The van der Waals surface area contributed by atoms with Crippen molar-refractivity contribution in [2.24, 2.45) is 0 Å². The summed E-state index contributed by atoms with van der Waals surface area (Å²) in [6, 6.07) is 5.49. The van der Waals surface area contributed by atoms with Crippen molar-refractivity contribution in [1.29, 1.82) is 0 Å². The number of carbonyl (C=O) groups is 1. The number of anilines is 1. The van der Waals surface area contributed by atoms with E-state index in [0.29, 0.717) is 22.9 Å². The molecule has 0 bridgehead atoms. The molecule has 122 valence electrons. The van der Waals surface area contributed by atoms with Gasteiger partial charge in [-0.15, -0.1) is 0 Å². The van der Waals surface area contributed by atoms with Crippen LogP contribution in [0.2, 0.25) is 0 Å². The summed E-state index contributed by atoms with van der Waals surface area (Å²) in [5.74, 6) is 1.03. The molecule has 2 rings (SSSR count). The van der Waals surface area contributed by atoms with Crippen molar-refractivity contribution in [3.63, 3.8) is 0 Å². The quantitative estimate of drug-likeness (QED) is 0.827. The van der Waals surface area contributed by atoms with Crippen molar-refractivity contribution >= 4 is 17.7 Å². The van der Waals surface area contributed by atoms with Crippen molar-refractivity contribution in [3.8, 4) is 11.5 Å². The maximum absolute atomic E-state index is 11.9. The Morgan fingerprint density at radius 3 is 2.74 bits per heavy atom. The van der Waals surface area contributed by atoms with E-state index >= 15 is 0 Å². The topological polar surface area (TPSA) is 73.6 Å². The van der Waals surface area contributed by atoms with Crippen molar-refractivity contribution in [3.05, 3.63) is 41.8 Å². The van der Waals surface area contributed by atoms with Crippen LogP contribution in [0.25, 0.3) is 6.08 Å². The highest BCUT2D eigenvalue weighted by molar-refractivity contribution is 6.02. The SMILES string of the molecule is COc1cc(C=CC(=O)Nc2conc2C)ccc1OC(C)C. The molecule has 0 spiro atoms. The molecule has 2 aromatic rings. The number of aryl methyl sites for hydroxylation is 1. The van der Waals surface area contributed by atoms with Crippen LogP contribution >= 0.6 is 0 Å². The first-order valence-corrected chi connectivity index (χ1v) is 7.24. The van der Waals surface area contributed by atoms with Gasteiger partial charge in [-0.1, -0.05) is 11.2 Å². The molecule has 0 saturated heterocycles. The number of nitrogens with one attached hydrogen (secondary N) is 1. The van der Waals surface area contributed by atoms with Gasteiger partial charge in [-0.05, 0) is 44.5 Å². The molecule has 0 aliphatic rings. The Hall–Kier alpha value is -2.76. The lowest BCUT2D eigenvalue weighted by molar-refractivity contribution is -0.111.